The first-order valence-electron chi connectivity index (χ1n) is 9.44. The molecule has 1 aromatic rings. The molecule has 0 atom stereocenters. The van der Waals surface area contributed by atoms with Gasteiger partial charge in [-0.25, -0.2) is 4.98 Å². The highest BCUT2D eigenvalue weighted by atomic mass is 127. The molecule has 0 saturated carbocycles. The summed E-state index contributed by atoms with van der Waals surface area (Å²) in [4.78, 5) is 10.3. The van der Waals surface area contributed by atoms with Gasteiger partial charge in [0.15, 0.2) is 5.96 Å². The Hall–Kier alpha value is -0.620. The minimum Gasteiger partial charge on any atom is -0.356 e. The van der Waals surface area contributed by atoms with E-state index in [1.54, 1.807) is 18.4 Å². The number of likely N-dealkylation sites (tertiary alicyclic amines) is 1. The summed E-state index contributed by atoms with van der Waals surface area (Å²) in [5, 5.41) is 9.66. The Labute approximate surface area is 186 Å². The molecular formula is C18H31F3IN5S. The highest BCUT2D eigenvalue weighted by Gasteiger charge is 2.32. The van der Waals surface area contributed by atoms with Crippen molar-refractivity contribution >= 4 is 41.3 Å². The summed E-state index contributed by atoms with van der Waals surface area (Å²) in [5.41, 5.74) is 1.11. The molecule has 1 saturated heterocycles. The predicted molar refractivity (Wildman–Crippen MR) is 120 cm³/mol. The van der Waals surface area contributed by atoms with Crippen LogP contribution in [0.1, 0.15) is 49.7 Å². The Morgan fingerprint density at radius 3 is 2.54 bits per heavy atom. The Balaban J connectivity index is 0.00000392. The molecule has 10 heteroatoms. The molecule has 0 amide bonds. The van der Waals surface area contributed by atoms with Crippen molar-refractivity contribution in [2.45, 2.75) is 51.7 Å². The first-order valence-corrected chi connectivity index (χ1v) is 10.3. The number of hydrogen-bond donors (Lipinski definition) is 2. The fourth-order valence-electron chi connectivity index (χ4n) is 3.13. The standard InChI is InChI=1S/C18H30F3N5S.HI/c1-13(2)15-11-27-16(25-15)10-24-17(22-3)23-7-4-14-5-8-26(9-6-14)12-18(19,20)21;/h11,13-14H,4-10,12H2,1-3H3,(H2,22,23,24);1H. The molecule has 2 N–H and O–H groups in total. The summed E-state index contributed by atoms with van der Waals surface area (Å²) in [6.45, 7) is 5.91. The SMILES string of the molecule is CN=C(NCCC1CCN(CC(F)(F)F)CC1)NCc1nc(C(C)C)cs1.I. The Morgan fingerprint density at radius 1 is 1.32 bits per heavy atom. The van der Waals surface area contributed by atoms with Gasteiger partial charge in [0.1, 0.15) is 5.01 Å². The molecule has 0 radical (unpaired) electrons. The number of aliphatic imine (C=N–C) groups is 1. The van der Waals surface area contributed by atoms with E-state index in [1.165, 1.54) is 4.90 Å². The van der Waals surface area contributed by atoms with E-state index in [0.29, 0.717) is 31.5 Å². The van der Waals surface area contributed by atoms with Gasteiger partial charge in [-0.2, -0.15) is 13.2 Å². The predicted octanol–water partition coefficient (Wildman–Crippen LogP) is 4.21. The zero-order valence-corrected chi connectivity index (χ0v) is 19.8. The van der Waals surface area contributed by atoms with E-state index in [0.717, 1.165) is 42.5 Å². The second-order valence-corrected chi connectivity index (χ2v) is 8.24. The average Bonchev–Trinajstić information content (AvgIpc) is 3.07. The average molecular weight is 533 g/mol. The number of alkyl halides is 3. The molecule has 1 aromatic heterocycles. The zero-order chi connectivity index (χ0) is 19.9. The van der Waals surface area contributed by atoms with Crippen LogP contribution in [0.3, 0.4) is 0 Å². The molecule has 28 heavy (non-hydrogen) atoms. The van der Waals surface area contributed by atoms with E-state index >= 15 is 0 Å². The fourth-order valence-corrected chi connectivity index (χ4v) is 4.03. The lowest BCUT2D eigenvalue weighted by molar-refractivity contribution is -0.148. The first-order chi connectivity index (χ1) is 12.8. The van der Waals surface area contributed by atoms with Crippen molar-refractivity contribution in [1.29, 1.82) is 0 Å². The van der Waals surface area contributed by atoms with E-state index in [-0.39, 0.29) is 24.0 Å². The van der Waals surface area contributed by atoms with Crippen LogP contribution < -0.4 is 10.6 Å². The number of nitrogens with one attached hydrogen (secondary N) is 2. The molecule has 0 bridgehead atoms. The van der Waals surface area contributed by atoms with Crippen LogP contribution >= 0.6 is 35.3 Å². The molecule has 2 heterocycles. The second kappa shape index (κ2) is 12.2. The van der Waals surface area contributed by atoms with Gasteiger partial charge < -0.3 is 10.6 Å². The molecule has 1 aliphatic rings. The molecular weight excluding hydrogens is 502 g/mol. The van der Waals surface area contributed by atoms with Crippen LogP contribution in [-0.2, 0) is 6.54 Å². The lowest BCUT2D eigenvalue weighted by Crippen LogP contribution is -2.41. The summed E-state index contributed by atoms with van der Waals surface area (Å²) in [7, 11) is 1.73. The summed E-state index contributed by atoms with van der Waals surface area (Å²) in [6, 6.07) is 0. The van der Waals surface area contributed by atoms with Gasteiger partial charge in [-0.05, 0) is 44.2 Å². The van der Waals surface area contributed by atoms with Crippen LogP contribution in [-0.4, -0.2) is 55.2 Å². The van der Waals surface area contributed by atoms with Crippen LogP contribution in [0.4, 0.5) is 13.2 Å². The summed E-state index contributed by atoms with van der Waals surface area (Å²) >= 11 is 1.64. The van der Waals surface area contributed by atoms with E-state index in [1.807, 2.05) is 0 Å². The summed E-state index contributed by atoms with van der Waals surface area (Å²) < 4.78 is 37.3. The quantitative estimate of drug-likeness (QED) is 0.313. The van der Waals surface area contributed by atoms with Crippen molar-refractivity contribution in [3.8, 4) is 0 Å². The van der Waals surface area contributed by atoms with Crippen molar-refractivity contribution in [2.24, 2.45) is 10.9 Å². The lowest BCUT2D eigenvalue weighted by Gasteiger charge is -2.32. The second-order valence-electron chi connectivity index (χ2n) is 7.30. The maximum Gasteiger partial charge on any atom is 0.401 e. The van der Waals surface area contributed by atoms with Gasteiger partial charge in [0, 0.05) is 19.0 Å². The smallest absolute Gasteiger partial charge is 0.356 e. The molecule has 0 aliphatic carbocycles. The van der Waals surface area contributed by atoms with Gasteiger partial charge in [0.05, 0.1) is 18.8 Å². The van der Waals surface area contributed by atoms with Crippen molar-refractivity contribution in [2.75, 3.05) is 33.2 Å². The number of guanidine groups is 1. The summed E-state index contributed by atoms with van der Waals surface area (Å²) in [6.07, 6.45) is -1.52. The molecule has 162 valence electrons. The first kappa shape index (κ1) is 25.4. The normalized spacial score (nSPS) is 16.9. The van der Waals surface area contributed by atoms with Crippen molar-refractivity contribution < 1.29 is 13.2 Å². The van der Waals surface area contributed by atoms with Crippen molar-refractivity contribution in [3.63, 3.8) is 0 Å². The van der Waals surface area contributed by atoms with Gasteiger partial charge in [0.25, 0.3) is 0 Å². The number of thiazole rings is 1. The topological polar surface area (TPSA) is 52.6 Å². The minimum absolute atomic E-state index is 0. The fraction of sp³-hybridized carbons (Fsp3) is 0.778. The van der Waals surface area contributed by atoms with E-state index in [9.17, 15) is 13.2 Å². The number of halogens is 4. The zero-order valence-electron chi connectivity index (χ0n) is 16.7. The Kier molecular flexibility index (Phi) is 11.0. The summed E-state index contributed by atoms with van der Waals surface area (Å²) in [5.74, 6) is 1.62. The maximum atomic E-state index is 12.4. The molecule has 1 aliphatic heterocycles. The molecule has 0 aromatic carbocycles. The molecule has 5 nitrogen and oxygen atoms in total. The molecule has 1 fully saturated rings. The molecule has 0 unspecified atom stereocenters. The van der Waals surface area contributed by atoms with E-state index < -0.39 is 12.7 Å². The van der Waals surface area contributed by atoms with E-state index in [4.69, 9.17) is 0 Å². The van der Waals surface area contributed by atoms with Gasteiger partial charge >= 0.3 is 6.18 Å². The highest BCUT2D eigenvalue weighted by molar-refractivity contribution is 14.0. The van der Waals surface area contributed by atoms with Crippen LogP contribution in [0.2, 0.25) is 0 Å². The van der Waals surface area contributed by atoms with Crippen molar-refractivity contribution in [3.05, 3.63) is 16.1 Å². The van der Waals surface area contributed by atoms with Crippen LogP contribution in [0, 0.1) is 5.92 Å². The van der Waals surface area contributed by atoms with Gasteiger partial charge in [-0.15, -0.1) is 35.3 Å². The largest absolute Gasteiger partial charge is 0.401 e. The lowest BCUT2D eigenvalue weighted by atomic mass is 9.93. The number of piperidine rings is 1. The Morgan fingerprint density at radius 2 is 2.00 bits per heavy atom. The third-order valence-corrected chi connectivity index (χ3v) is 5.61. The monoisotopic (exact) mass is 533 g/mol. The number of aromatic nitrogens is 1. The van der Waals surface area contributed by atoms with Gasteiger partial charge in [-0.3, -0.25) is 9.89 Å². The van der Waals surface area contributed by atoms with Gasteiger partial charge in [0.2, 0.25) is 0 Å². The van der Waals surface area contributed by atoms with Crippen LogP contribution in [0.25, 0.3) is 0 Å². The number of hydrogen-bond acceptors (Lipinski definition) is 4. The minimum atomic E-state index is -4.10. The number of nitrogens with zero attached hydrogens (tertiary/aromatic N) is 3. The van der Waals surface area contributed by atoms with Gasteiger partial charge in [-0.1, -0.05) is 13.8 Å². The third kappa shape index (κ3) is 9.25. The van der Waals surface area contributed by atoms with E-state index in [2.05, 4.69) is 39.8 Å². The molecule has 2 rings (SSSR count). The van der Waals surface area contributed by atoms with Crippen LogP contribution in [0.5, 0.6) is 0 Å². The maximum absolute atomic E-state index is 12.4. The number of rotatable bonds is 7. The highest BCUT2D eigenvalue weighted by Crippen LogP contribution is 2.24. The van der Waals surface area contributed by atoms with Crippen molar-refractivity contribution in [1.82, 2.24) is 20.5 Å². The molecule has 0 spiro atoms. The third-order valence-electron chi connectivity index (χ3n) is 4.75. The Bertz CT molecular complexity index is 598. The van der Waals surface area contributed by atoms with Crippen LogP contribution in [0.15, 0.2) is 10.4 Å².